The van der Waals surface area contributed by atoms with E-state index in [1.54, 1.807) is 32.4 Å². The molecule has 2 aromatic carbocycles. The Morgan fingerprint density at radius 1 is 0.933 bits per heavy atom. The van der Waals surface area contributed by atoms with Crippen LogP contribution in [-0.2, 0) is 9.59 Å². The highest BCUT2D eigenvalue weighted by atomic mass is 35.5. The van der Waals surface area contributed by atoms with Crippen LogP contribution in [0.15, 0.2) is 47.7 Å². The topological polar surface area (TPSA) is 64.6 Å². The van der Waals surface area contributed by atoms with E-state index in [1.807, 2.05) is 18.2 Å². The van der Waals surface area contributed by atoms with Crippen molar-refractivity contribution in [1.29, 1.82) is 0 Å². The maximum atomic E-state index is 13.3. The summed E-state index contributed by atoms with van der Waals surface area (Å²) in [4.78, 5) is 25.8. The number of benzene rings is 2. The Hall–Kier alpha value is -2.50. The van der Waals surface area contributed by atoms with Gasteiger partial charge in [-0.2, -0.15) is 0 Å². The van der Waals surface area contributed by atoms with Gasteiger partial charge in [-0.1, -0.05) is 29.3 Å². The molecule has 0 radical (unpaired) electrons. The van der Waals surface area contributed by atoms with Crippen LogP contribution in [-0.4, -0.2) is 25.9 Å². The Morgan fingerprint density at radius 2 is 1.73 bits per heavy atom. The maximum absolute atomic E-state index is 13.3. The molecule has 1 amide bonds. The second kappa shape index (κ2) is 8.32. The summed E-state index contributed by atoms with van der Waals surface area (Å²) >= 11 is 12.4. The Morgan fingerprint density at radius 3 is 2.43 bits per heavy atom. The summed E-state index contributed by atoms with van der Waals surface area (Å²) in [6, 6.07) is 10.7. The zero-order valence-electron chi connectivity index (χ0n) is 16.6. The molecule has 0 bridgehead atoms. The van der Waals surface area contributed by atoms with E-state index in [9.17, 15) is 9.59 Å². The van der Waals surface area contributed by atoms with Gasteiger partial charge >= 0.3 is 0 Å². The number of ketones is 1. The first-order chi connectivity index (χ1) is 14.4. The first-order valence-electron chi connectivity index (χ1n) is 9.64. The highest BCUT2D eigenvalue weighted by Gasteiger charge is 2.39. The number of rotatable bonds is 4. The van der Waals surface area contributed by atoms with Crippen molar-refractivity contribution >= 4 is 34.9 Å². The van der Waals surface area contributed by atoms with Gasteiger partial charge in [-0.05, 0) is 42.3 Å². The van der Waals surface area contributed by atoms with E-state index in [2.05, 4.69) is 5.32 Å². The van der Waals surface area contributed by atoms with Gasteiger partial charge < -0.3 is 14.8 Å². The Labute approximate surface area is 185 Å². The van der Waals surface area contributed by atoms with E-state index in [4.69, 9.17) is 32.7 Å². The largest absolute Gasteiger partial charge is 0.497 e. The molecule has 156 valence electrons. The zero-order valence-corrected chi connectivity index (χ0v) is 18.1. The van der Waals surface area contributed by atoms with Gasteiger partial charge in [-0.25, -0.2) is 0 Å². The molecule has 1 aliphatic carbocycles. The van der Waals surface area contributed by atoms with E-state index in [1.165, 1.54) is 0 Å². The minimum Gasteiger partial charge on any atom is -0.497 e. The van der Waals surface area contributed by atoms with Crippen molar-refractivity contribution in [2.24, 2.45) is 0 Å². The number of hydrogen-bond donors (Lipinski definition) is 1. The summed E-state index contributed by atoms with van der Waals surface area (Å²) in [6.07, 6.45) is 1.02. The van der Waals surface area contributed by atoms with Crippen molar-refractivity contribution in [2.45, 2.75) is 31.1 Å². The highest BCUT2D eigenvalue weighted by molar-refractivity contribution is 6.35. The summed E-state index contributed by atoms with van der Waals surface area (Å²) in [7, 11) is 3.20. The predicted octanol–water partition coefficient (Wildman–Crippen LogP) is 5.01. The third-order valence-electron chi connectivity index (χ3n) is 5.75. The van der Waals surface area contributed by atoms with Crippen LogP contribution in [0.5, 0.6) is 11.5 Å². The van der Waals surface area contributed by atoms with Crippen LogP contribution in [0.25, 0.3) is 0 Å². The van der Waals surface area contributed by atoms with Crippen molar-refractivity contribution in [3.05, 3.63) is 68.8 Å². The molecule has 0 saturated carbocycles. The Balaban J connectivity index is 1.75. The normalized spacial score (nSPS) is 21.2. The summed E-state index contributed by atoms with van der Waals surface area (Å²) in [6.45, 7) is 0. The summed E-state index contributed by atoms with van der Waals surface area (Å²) in [5, 5.41) is 3.89. The smallest absolute Gasteiger partial charge is 0.225 e. The molecular weight excluding hydrogens is 425 g/mol. The standard InChI is InChI=1S/C23H21Cl2NO4/c1-29-14-4-6-21(30-2)16(10-14)12-7-19-23(20(27)8-12)17(11-22(28)26-19)15-5-3-13(24)9-18(15)25/h3-6,9-10,12,17H,7-8,11H2,1-2H3,(H,26,28)/t12-,17+/m0/s1. The lowest BCUT2D eigenvalue weighted by atomic mass is 9.73. The Bertz CT molecular complexity index is 1060. The van der Waals surface area contributed by atoms with Crippen LogP contribution in [0.4, 0.5) is 0 Å². The molecule has 0 unspecified atom stereocenters. The molecule has 2 atom stereocenters. The van der Waals surface area contributed by atoms with Gasteiger partial charge in [0.05, 0.1) is 14.2 Å². The van der Waals surface area contributed by atoms with Crippen LogP contribution in [0.1, 0.15) is 42.2 Å². The van der Waals surface area contributed by atoms with E-state index in [-0.39, 0.29) is 29.9 Å². The maximum Gasteiger partial charge on any atom is 0.225 e. The number of carbonyl (C=O) groups is 2. The van der Waals surface area contributed by atoms with Crippen LogP contribution in [0.3, 0.4) is 0 Å². The van der Waals surface area contributed by atoms with Crippen LogP contribution in [0.2, 0.25) is 10.0 Å². The molecule has 7 heteroatoms. The number of hydrogen-bond acceptors (Lipinski definition) is 4. The minimum absolute atomic E-state index is 0.00198. The number of carbonyl (C=O) groups excluding carboxylic acids is 2. The average Bonchev–Trinajstić information content (AvgIpc) is 2.72. The molecule has 0 saturated heterocycles. The quantitative estimate of drug-likeness (QED) is 0.717. The summed E-state index contributed by atoms with van der Waals surface area (Å²) in [5.74, 6) is 0.756. The van der Waals surface area contributed by atoms with E-state index in [0.29, 0.717) is 45.7 Å². The van der Waals surface area contributed by atoms with Gasteiger partial charge in [0.1, 0.15) is 11.5 Å². The lowest BCUT2D eigenvalue weighted by molar-refractivity contribution is -0.122. The Kier molecular flexibility index (Phi) is 5.76. The third-order valence-corrected chi connectivity index (χ3v) is 6.31. The first kappa shape index (κ1) is 20.8. The molecule has 4 rings (SSSR count). The molecule has 2 aliphatic rings. The van der Waals surface area contributed by atoms with Crippen molar-refractivity contribution in [3.63, 3.8) is 0 Å². The molecule has 0 fully saturated rings. The fraction of sp³-hybridized carbons (Fsp3) is 0.304. The molecule has 30 heavy (non-hydrogen) atoms. The second-order valence-electron chi connectivity index (χ2n) is 7.50. The number of allylic oxidation sites excluding steroid dienone is 2. The van der Waals surface area contributed by atoms with Crippen molar-refractivity contribution in [2.75, 3.05) is 14.2 Å². The van der Waals surface area contributed by atoms with E-state index >= 15 is 0 Å². The van der Waals surface area contributed by atoms with Gasteiger partial charge in [0.25, 0.3) is 0 Å². The van der Waals surface area contributed by atoms with E-state index in [0.717, 1.165) is 11.1 Å². The van der Waals surface area contributed by atoms with Crippen LogP contribution in [0, 0.1) is 0 Å². The lowest BCUT2D eigenvalue weighted by Gasteiger charge is -2.35. The third kappa shape index (κ3) is 3.80. The second-order valence-corrected chi connectivity index (χ2v) is 8.34. The molecular formula is C23H21Cl2NO4. The summed E-state index contributed by atoms with van der Waals surface area (Å²) < 4.78 is 10.9. The number of methoxy groups -OCH3 is 2. The fourth-order valence-electron chi connectivity index (χ4n) is 4.39. The fourth-order valence-corrected chi connectivity index (χ4v) is 4.93. The average molecular weight is 446 g/mol. The van der Waals surface area contributed by atoms with Gasteiger partial charge in [-0.3, -0.25) is 9.59 Å². The monoisotopic (exact) mass is 445 g/mol. The number of halogens is 2. The molecule has 5 nitrogen and oxygen atoms in total. The lowest BCUT2D eigenvalue weighted by Crippen LogP contribution is -2.38. The number of amides is 1. The molecule has 1 heterocycles. The number of nitrogens with one attached hydrogen (secondary N) is 1. The zero-order chi connectivity index (χ0) is 21.4. The molecule has 0 aromatic heterocycles. The molecule has 1 N–H and O–H groups in total. The first-order valence-corrected chi connectivity index (χ1v) is 10.4. The SMILES string of the molecule is COc1ccc(OC)c([C@@H]2CC(=O)C3=C(C2)NC(=O)C[C@@H]3c2ccc(Cl)cc2Cl)c1. The van der Waals surface area contributed by atoms with Crippen molar-refractivity contribution < 1.29 is 19.1 Å². The van der Waals surface area contributed by atoms with Gasteiger partial charge in [0, 0.05) is 51.6 Å². The van der Waals surface area contributed by atoms with Crippen LogP contribution >= 0.6 is 23.2 Å². The van der Waals surface area contributed by atoms with E-state index < -0.39 is 0 Å². The summed E-state index contributed by atoms with van der Waals surface area (Å²) in [5.41, 5.74) is 2.93. The van der Waals surface area contributed by atoms with Crippen molar-refractivity contribution in [1.82, 2.24) is 5.32 Å². The number of Topliss-reactive ketones (excluding diaryl/α,β-unsaturated/α-hetero) is 1. The van der Waals surface area contributed by atoms with Gasteiger partial charge in [0.15, 0.2) is 5.78 Å². The minimum atomic E-state index is -0.376. The highest BCUT2D eigenvalue weighted by Crippen LogP contribution is 2.46. The molecule has 2 aromatic rings. The molecule has 1 aliphatic heterocycles. The van der Waals surface area contributed by atoms with Gasteiger partial charge in [-0.15, -0.1) is 0 Å². The molecule has 0 spiro atoms. The van der Waals surface area contributed by atoms with Crippen molar-refractivity contribution in [3.8, 4) is 11.5 Å². The number of ether oxygens (including phenoxy) is 2. The van der Waals surface area contributed by atoms with Crippen LogP contribution < -0.4 is 14.8 Å². The van der Waals surface area contributed by atoms with Gasteiger partial charge in [0.2, 0.25) is 5.91 Å². The predicted molar refractivity (Wildman–Crippen MR) is 116 cm³/mol.